The van der Waals surface area contributed by atoms with E-state index in [4.69, 9.17) is 21.6 Å². The van der Waals surface area contributed by atoms with Crippen LogP contribution < -0.4 is 4.74 Å². The molecule has 0 unspecified atom stereocenters. The highest BCUT2D eigenvalue weighted by atomic mass is 35.5. The van der Waals surface area contributed by atoms with E-state index >= 15 is 0 Å². The lowest BCUT2D eigenvalue weighted by Gasteiger charge is -2.22. The zero-order valence-electron chi connectivity index (χ0n) is 9.39. The molecule has 0 amide bonds. The largest absolute Gasteiger partial charge is 0.496 e. The fourth-order valence-corrected chi connectivity index (χ4v) is 1.95. The van der Waals surface area contributed by atoms with Gasteiger partial charge in [0, 0.05) is 10.6 Å². The second-order valence-corrected chi connectivity index (χ2v) is 4.42. The molecule has 0 saturated heterocycles. The van der Waals surface area contributed by atoms with Gasteiger partial charge in [0.2, 0.25) is 0 Å². The van der Waals surface area contributed by atoms with Gasteiger partial charge in [-0.15, -0.1) is 0 Å². The highest BCUT2D eigenvalue weighted by Crippen LogP contribution is 2.38. The predicted molar refractivity (Wildman–Crippen MR) is 61.4 cm³/mol. The van der Waals surface area contributed by atoms with Gasteiger partial charge in [-0.05, 0) is 32.4 Å². The second kappa shape index (κ2) is 4.12. The Bertz CT molecular complexity index is 418. The van der Waals surface area contributed by atoms with Gasteiger partial charge in [0.1, 0.15) is 5.75 Å². The van der Waals surface area contributed by atoms with Gasteiger partial charge in [-0.3, -0.25) is 0 Å². The Kier molecular flexibility index (Phi) is 3.26. The smallest absolute Gasteiger partial charge is 0.128 e. The highest BCUT2D eigenvalue weighted by molar-refractivity contribution is 6.31. The Morgan fingerprint density at radius 3 is 2.47 bits per heavy atom. The molecule has 0 aliphatic carbocycles. The lowest BCUT2D eigenvalue weighted by atomic mass is 9.84. The summed E-state index contributed by atoms with van der Waals surface area (Å²) < 4.78 is 5.31. The van der Waals surface area contributed by atoms with Crippen LogP contribution in [0.3, 0.4) is 0 Å². The summed E-state index contributed by atoms with van der Waals surface area (Å²) in [5, 5.41) is 9.69. The third kappa shape index (κ3) is 2.08. The number of ether oxygens (including phenoxy) is 1. The van der Waals surface area contributed by atoms with Crippen molar-refractivity contribution in [1.29, 1.82) is 5.26 Å². The molecule has 2 nitrogen and oxygen atoms in total. The number of rotatable bonds is 2. The standard InChI is InChI=1S/C12H14ClNO/c1-8-5-6-9(13)10(11(8)15-4)12(2,3)7-14/h5-6H,1-4H3. The number of hydrogen-bond donors (Lipinski definition) is 0. The van der Waals surface area contributed by atoms with Crippen LogP contribution in [0.2, 0.25) is 5.02 Å². The molecule has 1 aromatic carbocycles. The molecule has 0 aromatic heterocycles. The number of aryl methyl sites for hydroxylation is 1. The molecule has 0 heterocycles. The van der Waals surface area contributed by atoms with E-state index in [0.717, 1.165) is 11.1 Å². The van der Waals surface area contributed by atoms with Crippen molar-refractivity contribution in [3.05, 3.63) is 28.3 Å². The molecule has 0 fully saturated rings. The van der Waals surface area contributed by atoms with E-state index in [-0.39, 0.29) is 0 Å². The van der Waals surface area contributed by atoms with Crippen LogP contribution in [0, 0.1) is 18.3 Å². The fourth-order valence-electron chi connectivity index (χ4n) is 1.56. The van der Waals surface area contributed by atoms with Crippen LogP contribution in [0.25, 0.3) is 0 Å². The van der Waals surface area contributed by atoms with Gasteiger partial charge >= 0.3 is 0 Å². The summed E-state index contributed by atoms with van der Waals surface area (Å²) in [6.07, 6.45) is 0. The Morgan fingerprint density at radius 1 is 1.40 bits per heavy atom. The third-order valence-electron chi connectivity index (χ3n) is 2.41. The van der Waals surface area contributed by atoms with Crippen molar-refractivity contribution in [3.63, 3.8) is 0 Å². The first-order valence-corrected chi connectivity index (χ1v) is 5.06. The molecule has 0 N–H and O–H groups in total. The lowest BCUT2D eigenvalue weighted by molar-refractivity contribution is 0.400. The molecule has 80 valence electrons. The first kappa shape index (κ1) is 11.9. The average Bonchev–Trinajstić information content (AvgIpc) is 2.20. The number of nitrogens with zero attached hydrogens (tertiary/aromatic N) is 1. The molecule has 0 aliphatic heterocycles. The fraction of sp³-hybridized carbons (Fsp3) is 0.417. The van der Waals surface area contributed by atoms with Crippen LogP contribution >= 0.6 is 11.6 Å². The Labute approximate surface area is 95.4 Å². The molecular formula is C12H14ClNO. The zero-order chi connectivity index (χ0) is 11.6. The first-order chi connectivity index (χ1) is 6.94. The quantitative estimate of drug-likeness (QED) is 0.769. The zero-order valence-corrected chi connectivity index (χ0v) is 10.1. The van der Waals surface area contributed by atoms with Gasteiger partial charge in [-0.25, -0.2) is 0 Å². The molecule has 15 heavy (non-hydrogen) atoms. The van der Waals surface area contributed by atoms with Crippen LogP contribution in [-0.4, -0.2) is 7.11 Å². The van der Waals surface area contributed by atoms with E-state index in [2.05, 4.69) is 6.07 Å². The van der Waals surface area contributed by atoms with Gasteiger partial charge in [0.25, 0.3) is 0 Å². The summed E-state index contributed by atoms with van der Waals surface area (Å²) in [4.78, 5) is 0. The summed E-state index contributed by atoms with van der Waals surface area (Å²) >= 11 is 6.11. The number of methoxy groups -OCH3 is 1. The van der Waals surface area contributed by atoms with Crippen LogP contribution in [0.5, 0.6) is 5.75 Å². The molecule has 1 aromatic rings. The molecule has 0 aliphatic rings. The van der Waals surface area contributed by atoms with Crippen molar-refractivity contribution in [2.75, 3.05) is 7.11 Å². The SMILES string of the molecule is COc1c(C)ccc(Cl)c1C(C)(C)C#N. The lowest BCUT2D eigenvalue weighted by Crippen LogP contribution is -2.16. The minimum absolute atomic E-state index is 0.573. The van der Waals surface area contributed by atoms with Crippen molar-refractivity contribution < 1.29 is 4.74 Å². The maximum Gasteiger partial charge on any atom is 0.128 e. The molecule has 0 spiro atoms. The summed E-state index contributed by atoms with van der Waals surface area (Å²) in [6, 6.07) is 5.92. The predicted octanol–water partition coefficient (Wildman–Crippen LogP) is 3.46. The van der Waals surface area contributed by atoms with Crippen molar-refractivity contribution in [3.8, 4) is 11.8 Å². The maximum absolute atomic E-state index is 9.12. The molecule has 0 bridgehead atoms. The monoisotopic (exact) mass is 223 g/mol. The third-order valence-corrected chi connectivity index (χ3v) is 2.73. The Morgan fingerprint density at radius 2 is 2.00 bits per heavy atom. The van der Waals surface area contributed by atoms with Crippen molar-refractivity contribution >= 4 is 11.6 Å². The van der Waals surface area contributed by atoms with E-state index in [1.165, 1.54) is 0 Å². The van der Waals surface area contributed by atoms with Crippen LogP contribution in [0.4, 0.5) is 0 Å². The average molecular weight is 224 g/mol. The van der Waals surface area contributed by atoms with E-state index in [1.807, 2.05) is 26.8 Å². The highest BCUT2D eigenvalue weighted by Gasteiger charge is 2.27. The maximum atomic E-state index is 9.12. The summed E-state index contributed by atoms with van der Waals surface area (Å²) in [6.45, 7) is 5.60. The molecule has 0 saturated carbocycles. The number of halogens is 1. The van der Waals surface area contributed by atoms with E-state index in [0.29, 0.717) is 10.8 Å². The van der Waals surface area contributed by atoms with Crippen molar-refractivity contribution in [2.45, 2.75) is 26.2 Å². The van der Waals surface area contributed by atoms with Crippen molar-refractivity contribution in [1.82, 2.24) is 0 Å². The van der Waals surface area contributed by atoms with E-state index in [9.17, 15) is 0 Å². The van der Waals surface area contributed by atoms with Gasteiger partial charge < -0.3 is 4.74 Å². The molecule has 0 radical (unpaired) electrons. The molecule has 0 atom stereocenters. The number of nitriles is 1. The van der Waals surface area contributed by atoms with E-state index in [1.54, 1.807) is 13.2 Å². The van der Waals surface area contributed by atoms with Gasteiger partial charge in [-0.1, -0.05) is 17.7 Å². The van der Waals surface area contributed by atoms with Crippen molar-refractivity contribution in [2.24, 2.45) is 0 Å². The summed E-state index contributed by atoms with van der Waals surface area (Å²) in [5.41, 5.74) is 1.10. The molecular weight excluding hydrogens is 210 g/mol. The van der Waals surface area contributed by atoms with Gasteiger partial charge in [-0.2, -0.15) is 5.26 Å². The van der Waals surface area contributed by atoms with E-state index < -0.39 is 5.41 Å². The van der Waals surface area contributed by atoms with Crippen LogP contribution in [-0.2, 0) is 5.41 Å². The first-order valence-electron chi connectivity index (χ1n) is 4.69. The summed E-state index contributed by atoms with van der Waals surface area (Å²) in [5.74, 6) is 0.703. The van der Waals surface area contributed by atoms with Crippen LogP contribution in [0.1, 0.15) is 25.0 Å². The minimum atomic E-state index is -0.644. The minimum Gasteiger partial charge on any atom is -0.496 e. The van der Waals surface area contributed by atoms with Crippen LogP contribution in [0.15, 0.2) is 12.1 Å². The van der Waals surface area contributed by atoms with Gasteiger partial charge in [0.15, 0.2) is 0 Å². The van der Waals surface area contributed by atoms with Gasteiger partial charge in [0.05, 0.1) is 18.6 Å². The number of benzene rings is 1. The molecule has 3 heteroatoms. The normalized spacial score (nSPS) is 10.9. The Balaban J connectivity index is 3.53. The summed E-state index contributed by atoms with van der Waals surface area (Å²) in [7, 11) is 1.59. The number of hydrogen-bond acceptors (Lipinski definition) is 2. The Hall–Kier alpha value is -1.20. The topological polar surface area (TPSA) is 33.0 Å². The second-order valence-electron chi connectivity index (χ2n) is 4.01. The molecule has 1 rings (SSSR count).